The van der Waals surface area contributed by atoms with Gasteiger partial charge >= 0.3 is 12.0 Å². The van der Waals surface area contributed by atoms with Crippen LogP contribution in [0.5, 0.6) is 11.5 Å². The van der Waals surface area contributed by atoms with Gasteiger partial charge in [-0.3, -0.25) is 4.90 Å². The van der Waals surface area contributed by atoms with E-state index in [1.54, 1.807) is 20.3 Å². The molecule has 0 aliphatic carbocycles. The summed E-state index contributed by atoms with van der Waals surface area (Å²) in [7, 11) is 4.61. The minimum absolute atomic E-state index is 0.00465. The molecule has 0 bridgehead atoms. The second-order valence-corrected chi connectivity index (χ2v) is 13.3. The second kappa shape index (κ2) is 17.1. The number of amides is 2. The van der Waals surface area contributed by atoms with E-state index in [1.165, 1.54) is 18.2 Å². The number of nitrogens with one attached hydrogen (secondary N) is 2. The molecule has 4 aromatic carbocycles. The van der Waals surface area contributed by atoms with Crippen molar-refractivity contribution in [1.29, 1.82) is 0 Å². The molecule has 2 heterocycles. The molecular weight excluding hydrogens is 662 g/mol. The quantitative estimate of drug-likeness (QED) is 0.153. The first kappa shape index (κ1) is 36.8. The maximum atomic E-state index is 13.2. The van der Waals surface area contributed by atoms with Crippen molar-refractivity contribution in [2.24, 2.45) is 5.92 Å². The first-order valence-electron chi connectivity index (χ1n) is 17.5. The van der Waals surface area contributed by atoms with Crippen molar-refractivity contribution in [2.45, 2.75) is 57.5 Å². The van der Waals surface area contributed by atoms with Crippen LogP contribution in [0.4, 0.5) is 10.5 Å². The van der Waals surface area contributed by atoms with E-state index >= 15 is 0 Å². The van der Waals surface area contributed by atoms with Crippen molar-refractivity contribution >= 4 is 17.7 Å². The molecule has 52 heavy (non-hydrogen) atoms. The number of carbonyl (C=O) groups excluding carboxylic acids is 2. The minimum atomic E-state index is -0.870. The van der Waals surface area contributed by atoms with Crippen LogP contribution in [0.15, 0.2) is 91.0 Å². The molecule has 6 rings (SSSR count). The molecule has 0 saturated carbocycles. The van der Waals surface area contributed by atoms with E-state index < -0.39 is 24.3 Å². The summed E-state index contributed by atoms with van der Waals surface area (Å²) in [6.45, 7) is 4.39. The third-order valence-corrected chi connectivity index (χ3v) is 9.85. The maximum absolute atomic E-state index is 13.2. The summed E-state index contributed by atoms with van der Waals surface area (Å²) in [5.74, 6) is 0.907. The van der Waals surface area contributed by atoms with Crippen LogP contribution < -0.4 is 20.1 Å². The SMILES string of the molecule is COC(=O)[C@H](Cc1ccccc1)NC(=O)Nc1cccc([C@H]2O[C@@H](CN3CCc4cc(OC)c(OC)cc4C3)[C@@H](C)[C@@H](c3ccc(CO)cc3)O2)c1. The van der Waals surface area contributed by atoms with Crippen LogP contribution in [-0.2, 0) is 45.0 Å². The maximum Gasteiger partial charge on any atom is 0.328 e. The molecule has 0 spiro atoms. The van der Waals surface area contributed by atoms with Gasteiger partial charge in [-0.1, -0.05) is 73.7 Å². The highest BCUT2D eigenvalue weighted by molar-refractivity contribution is 5.92. The summed E-state index contributed by atoms with van der Waals surface area (Å²) < 4.78 is 29.5. The molecule has 2 amide bonds. The highest BCUT2D eigenvalue weighted by Crippen LogP contribution is 2.43. The highest BCUT2D eigenvalue weighted by Gasteiger charge is 2.39. The van der Waals surface area contributed by atoms with E-state index in [-0.39, 0.29) is 31.2 Å². The van der Waals surface area contributed by atoms with Crippen molar-refractivity contribution in [1.82, 2.24) is 10.2 Å². The molecular formula is C41H47N3O8. The largest absolute Gasteiger partial charge is 0.493 e. The molecule has 0 aromatic heterocycles. The van der Waals surface area contributed by atoms with Crippen LogP contribution in [0, 0.1) is 5.92 Å². The van der Waals surface area contributed by atoms with Gasteiger partial charge in [-0.05, 0) is 58.5 Å². The molecule has 11 heteroatoms. The standard InChI is InChI=1S/C41H47N3O8/c1-26-37(24-44-18-17-30-21-35(48-2)36(49-3)22-32(30)23-44)51-40(52-38(26)29-15-13-28(25-45)14-16-29)31-11-8-12-33(20-31)42-41(47)43-34(39(46)50-4)19-27-9-6-5-7-10-27/h5-16,20-22,26,34,37-38,40,45H,17-19,23-25H2,1-4H3,(H2,42,43,47)/t26-,34+,37+,38+,40+/m1/s1. The zero-order valence-corrected chi connectivity index (χ0v) is 30.0. The van der Waals surface area contributed by atoms with E-state index in [0.717, 1.165) is 47.5 Å². The number of rotatable bonds is 12. The minimum Gasteiger partial charge on any atom is -0.493 e. The molecule has 274 valence electrons. The van der Waals surface area contributed by atoms with Gasteiger partial charge in [-0.25, -0.2) is 9.59 Å². The zero-order chi connectivity index (χ0) is 36.6. The van der Waals surface area contributed by atoms with E-state index in [0.29, 0.717) is 18.0 Å². The molecule has 0 radical (unpaired) electrons. The van der Waals surface area contributed by atoms with E-state index in [4.69, 9.17) is 23.7 Å². The second-order valence-electron chi connectivity index (χ2n) is 13.3. The van der Waals surface area contributed by atoms with Crippen LogP contribution in [0.3, 0.4) is 0 Å². The molecule has 1 saturated heterocycles. The van der Waals surface area contributed by atoms with Gasteiger partial charge in [0.2, 0.25) is 0 Å². The fourth-order valence-corrected chi connectivity index (χ4v) is 6.95. The van der Waals surface area contributed by atoms with Crippen LogP contribution >= 0.6 is 0 Å². The Morgan fingerprint density at radius 1 is 0.865 bits per heavy atom. The summed E-state index contributed by atoms with van der Waals surface area (Å²) in [6, 6.07) is 27.3. The predicted octanol–water partition coefficient (Wildman–Crippen LogP) is 5.95. The number of hydrogen-bond donors (Lipinski definition) is 3. The Morgan fingerprint density at radius 3 is 2.29 bits per heavy atom. The van der Waals surface area contributed by atoms with Gasteiger partial charge in [-0.15, -0.1) is 0 Å². The van der Waals surface area contributed by atoms with Crippen LogP contribution in [0.2, 0.25) is 0 Å². The average molecular weight is 710 g/mol. The first-order valence-corrected chi connectivity index (χ1v) is 17.5. The highest BCUT2D eigenvalue weighted by atomic mass is 16.7. The molecule has 2 aliphatic rings. The fourth-order valence-electron chi connectivity index (χ4n) is 6.95. The number of esters is 1. The number of aliphatic hydroxyl groups is 1. The summed E-state index contributed by atoms with van der Waals surface area (Å²) >= 11 is 0. The number of carbonyl (C=O) groups is 2. The Hall–Kier alpha value is -4.94. The Bertz CT molecular complexity index is 1820. The third kappa shape index (κ3) is 8.74. The number of aliphatic hydroxyl groups excluding tert-OH is 1. The Morgan fingerprint density at radius 2 is 1.60 bits per heavy atom. The van der Waals surface area contributed by atoms with Gasteiger partial charge in [-0.2, -0.15) is 0 Å². The van der Waals surface area contributed by atoms with Gasteiger partial charge in [0.05, 0.1) is 40.1 Å². The van der Waals surface area contributed by atoms with Gasteiger partial charge in [0.15, 0.2) is 17.8 Å². The van der Waals surface area contributed by atoms with Crippen LogP contribution in [0.25, 0.3) is 0 Å². The number of benzene rings is 4. The zero-order valence-electron chi connectivity index (χ0n) is 30.0. The number of hydrogen-bond acceptors (Lipinski definition) is 9. The number of methoxy groups -OCH3 is 3. The van der Waals surface area contributed by atoms with Gasteiger partial charge in [0, 0.05) is 43.2 Å². The van der Waals surface area contributed by atoms with Crippen molar-refractivity contribution in [2.75, 3.05) is 39.7 Å². The lowest BCUT2D eigenvalue weighted by molar-refractivity contribution is -0.276. The van der Waals surface area contributed by atoms with Gasteiger partial charge in [0.1, 0.15) is 6.04 Å². The van der Waals surface area contributed by atoms with Crippen molar-refractivity contribution in [3.63, 3.8) is 0 Å². The average Bonchev–Trinajstić information content (AvgIpc) is 3.18. The van der Waals surface area contributed by atoms with Gasteiger partial charge in [0.25, 0.3) is 0 Å². The van der Waals surface area contributed by atoms with Crippen LogP contribution in [-0.4, -0.2) is 68.6 Å². The van der Waals surface area contributed by atoms with E-state index in [9.17, 15) is 14.7 Å². The van der Waals surface area contributed by atoms with Gasteiger partial charge < -0.3 is 39.4 Å². The molecule has 1 fully saturated rings. The first-order chi connectivity index (χ1) is 25.3. The monoisotopic (exact) mass is 709 g/mol. The van der Waals surface area contributed by atoms with Crippen molar-refractivity contribution in [3.8, 4) is 11.5 Å². The molecule has 3 N–H and O–H groups in total. The molecule has 11 nitrogen and oxygen atoms in total. The van der Waals surface area contributed by atoms with E-state index in [1.807, 2.05) is 72.8 Å². The molecule has 0 unspecified atom stereocenters. The molecule has 5 atom stereocenters. The molecule has 2 aliphatic heterocycles. The number of urea groups is 1. The Labute approximate surface area is 304 Å². The topological polar surface area (TPSA) is 128 Å². The lowest BCUT2D eigenvalue weighted by Gasteiger charge is -2.43. The summed E-state index contributed by atoms with van der Waals surface area (Å²) in [4.78, 5) is 28.1. The fraction of sp³-hybridized carbons (Fsp3) is 0.366. The van der Waals surface area contributed by atoms with Crippen molar-refractivity contribution < 1.29 is 38.4 Å². The number of ether oxygens (including phenoxy) is 5. The third-order valence-electron chi connectivity index (χ3n) is 9.85. The number of nitrogens with zero attached hydrogens (tertiary/aromatic N) is 1. The normalized spacial score (nSPS) is 20.6. The smallest absolute Gasteiger partial charge is 0.328 e. The van der Waals surface area contributed by atoms with Crippen LogP contribution in [0.1, 0.15) is 52.7 Å². The lowest BCUT2D eigenvalue weighted by Crippen LogP contribution is -2.45. The number of anilines is 1. The molecule has 4 aromatic rings. The van der Waals surface area contributed by atoms with E-state index in [2.05, 4.69) is 34.6 Å². The summed E-state index contributed by atoms with van der Waals surface area (Å²) in [5.41, 5.74) is 6.41. The Balaban J connectivity index is 1.20. The number of fused-ring (bicyclic) bond motifs is 1. The summed E-state index contributed by atoms with van der Waals surface area (Å²) in [6.07, 6.45) is -0.0510. The predicted molar refractivity (Wildman–Crippen MR) is 196 cm³/mol. The lowest BCUT2D eigenvalue weighted by atomic mass is 9.89. The Kier molecular flexibility index (Phi) is 12.1. The van der Waals surface area contributed by atoms with Crippen molar-refractivity contribution in [3.05, 3.63) is 124 Å². The summed E-state index contributed by atoms with van der Waals surface area (Å²) in [5, 5.41) is 15.3.